The van der Waals surface area contributed by atoms with Crippen molar-refractivity contribution in [3.05, 3.63) is 29.3 Å². The van der Waals surface area contributed by atoms with Crippen LogP contribution in [0.3, 0.4) is 0 Å². The van der Waals surface area contributed by atoms with Gasteiger partial charge in [0, 0.05) is 31.7 Å². The Labute approximate surface area is 187 Å². The molecule has 0 spiro atoms. The minimum atomic E-state index is 0. The number of aryl methyl sites for hydroxylation is 1. The van der Waals surface area contributed by atoms with Gasteiger partial charge in [0.15, 0.2) is 5.96 Å². The first kappa shape index (κ1) is 25.0. The van der Waals surface area contributed by atoms with Gasteiger partial charge in [0.2, 0.25) is 0 Å². The third-order valence-electron chi connectivity index (χ3n) is 4.72. The molecule has 1 aliphatic rings. The zero-order valence-electron chi connectivity index (χ0n) is 18.0. The van der Waals surface area contributed by atoms with Gasteiger partial charge < -0.3 is 25.0 Å². The van der Waals surface area contributed by atoms with Gasteiger partial charge in [0.05, 0.1) is 25.4 Å². The Balaban J connectivity index is 0.00000392. The first-order valence-corrected chi connectivity index (χ1v) is 10.1. The predicted molar refractivity (Wildman–Crippen MR) is 127 cm³/mol. The molecule has 1 aromatic carbocycles. The van der Waals surface area contributed by atoms with Crippen molar-refractivity contribution in [3.8, 4) is 5.75 Å². The summed E-state index contributed by atoms with van der Waals surface area (Å²) >= 11 is 0. The second-order valence-corrected chi connectivity index (χ2v) is 7.28. The van der Waals surface area contributed by atoms with Gasteiger partial charge in [-0.05, 0) is 45.9 Å². The number of hydrogen-bond acceptors (Lipinski definition) is 4. The maximum absolute atomic E-state index is 6.10. The van der Waals surface area contributed by atoms with Crippen LogP contribution in [0.4, 0.5) is 0 Å². The number of likely N-dealkylation sites (N-methyl/N-ethyl adjacent to an activating group) is 1. The standard InChI is InChI=1S/C21H36N4O2.HI/c1-6-17(4)27-20-12-16(3)8-9-18(20)13-23-21(22-7-2)24-14-19-15-25(5)10-11-26-19;/h8-9,12,17,19H,6-7,10-11,13-15H2,1-5H3,(H2,22,23,24);1H. The van der Waals surface area contributed by atoms with E-state index in [1.165, 1.54) is 5.56 Å². The van der Waals surface area contributed by atoms with E-state index in [1.54, 1.807) is 0 Å². The lowest BCUT2D eigenvalue weighted by Gasteiger charge is -2.30. The molecule has 0 aromatic heterocycles. The number of nitrogens with zero attached hydrogens (tertiary/aromatic N) is 2. The fraction of sp³-hybridized carbons (Fsp3) is 0.667. The third-order valence-corrected chi connectivity index (χ3v) is 4.72. The third kappa shape index (κ3) is 8.53. The van der Waals surface area contributed by atoms with Crippen LogP contribution in [0.5, 0.6) is 5.75 Å². The number of benzene rings is 1. The van der Waals surface area contributed by atoms with Gasteiger partial charge in [0.25, 0.3) is 0 Å². The van der Waals surface area contributed by atoms with Crippen LogP contribution in [-0.4, -0.2) is 62.9 Å². The van der Waals surface area contributed by atoms with Crippen molar-refractivity contribution in [2.24, 2.45) is 4.99 Å². The number of rotatable bonds is 8. The normalized spacial score (nSPS) is 18.9. The summed E-state index contributed by atoms with van der Waals surface area (Å²) in [7, 11) is 2.13. The molecule has 2 rings (SSSR count). The van der Waals surface area contributed by atoms with Crippen molar-refractivity contribution in [2.45, 2.75) is 52.9 Å². The molecule has 0 amide bonds. The number of halogens is 1. The van der Waals surface area contributed by atoms with E-state index in [0.29, 0.717) is 6.54 Å². The SMILES string of the molecule is CCNC(=NCc1ccc(C)cc1OC(C)CC)NCC1CN(C)CCO1.I. The lowest BCUT2D eigenvalue weighted by molar-refractivity contribution is -0.0161. The molecular weight excluding hydrogens is 467 g/mol. The Hall–Kier alpha value is -1.06. The van der Waals surface area contributed by atoms with Crippen molar-refractivity contribution in [2.75, 3.05) is 39.8 Å². The molecule has 2 atom stereocenters. The number of morpholine rings is 1. The molecule has 0 bridgehead atoms. The summed E-state index contributed by atoms with van der Waals surface area (Å²) in [6.07, 6.45) is 1.37. The summed E-state index contributed by atoms with van der Waals surface area (Å²) in [5.74, 6) is 1.74. The highest BCUT2D eigenvalue weighted by atomic mass is 127. The van der Waals surface area contributed by atoms with E-state index in [1.807, 2.05) is 0 Å². The highest BCUT2D eigenvalue weighted by molar-refractivity contribution is 14.0. The van der Waals surface area contributed by atoms with Crippen LogP contribution in [0.2, 0.25) is 0 Å². The Morgan fingerprint density at radius 1 is 1.36 bits per heavy atom. The lowest BCUT2D eigenvalue weighted by Crippen LogP contribution is -2.48. The molecule has 0 saturated carbocycles. The maximum atomic E-state index is 6.10. The first-order valence-electron chi connectivity index (χ1n) is 10.1. The molecule has 6 nitrogen and oxygen atoms in total. The van der Waals surface area contributed by atoms with Crippen LogP contribution >= 0.6 is 24.0 Å². The fourth-order valence-electron chi connectivity index (χ4n) is 2.91. The molecule has 28 heavy (non-hydrogen) atoms. The van der Waals surface area contributed by atoms with Crippen molar-refractivity contribution >= 4 is 29.9 Å². The van der Waals surface area contributed by atoms with E-state index in [-0.39, 0.29) is 36.2 Å². The average Bonchev–Trinajstić information content (AvgIpc) is 2.65. The summed E-state index contributed by atoms with van der Waals surface area (Å²) in [6.45, 7) is 13.3. The van der Waals surface area contributed by atoms with Crippen LogP contribution in [0.15, 0.2) is 23.2 Å². The number of guanidine groups is 1. The highest BCUT2D eigenvalue weighted by Gasteiger charge is 2.17. The Kier molecular flexibility index (Phi) is 11.8. The fourth-order valence-corrected chi connectivity index (χ4v) is 2.91. The second-order valence-electron chi connectivity index (χ2n) is 7.28. The lowest BCUT2D eigenvalue weighted by atomic mass is 10.1. The summed E-state index contributed by atoms with van der Waals surface area (Å²) < 4.78 is 11.9. The highest BCUT2D eigenvalue weighted by Crippen LogP contribution is 2.23. The molecule has 2 N–H and O–H groups in total. The van der Waals surface area contributed by atoms with Gasteiger partial charge in [-0.1, -0.05) is 19.1 Å². The minimum Gasteiger partial charge on any atom is -0.490 e. The zero-order valence-corrected chi connectivity index (χ0v) is 20.3. The maximum Gasteiger partial charge on any atom is 0.191 e. The van der Waals surface area contributed by atoms with Crippen molar-refractivity contribution in [1.29, 1.82) is 0 Å². The monoisotopic (exact) mass is 504 g/mol. The molecule has 0 aliphatic carbocycles. The van der Waals surface area contributed by atoms with E-state index < -0.39 is 0 Å². The van der Waals surface area contributed by atoms with Crippen molar-refractivity contribution in [1.82, 2.24) is 15.5 Å². The number of aliphatic imine (C=N–C) groups is 1. The molecular formula is C21H37IN4O2. The van der Waals surface area contributed by atoms with Gasteiger partial charge in [-0.15, -0.1) is 24.0 Å². The quantitative estimate of drug-likeness (QED) is 0.324. The number of ether oxygens (including phenoxy) is 2. The van der Waals surface area contributed by atoms with Gasteiger partial charge in [-0.2, -0.15) is 0 Å². The van der Waals surface area contributed by atoms with Crippen LogP contribution < -0.4 is 15.4 Å². The van der Waals surface area contributed by atoms with E-state index in [2.05, 4.69) is 68.5 Å². The number of hydrogen-bond donors (Lipinski definition) is 2. The zero-order chi connectivity index (χ0) is 19.6. The summed E-state index contributed by atoms with van der Waals surface area (Å²) in [5.41, 5.74) is 2.30. The van der Waals surface area contributed by atoms with Gasteiger partial charge in [-0.3, -0.25) is 0 Å². The van der Waals surface area contributed by atoms with Crippen LogP contribution in [0.25, 0.3) is 0 Å². The minimum absolute atomic E-state index is 0. The van der Waals surface area contributed by atoms with Gasteiger partial charge in [-0.25, -0.2) is 4.99 Å². The molecule has 1 heterocycles. The van der Waals surface area contributed by atoms with Gasteiger partial charge >= 0.3 is 0 Å². The summed E-state index contributed by atoms with van der Waals surface area (Å²) in [6, 6.07) is 6.32. The van der Waals surface area contributed by atoms with E-state index in [0.717, 1.165) is 56.5 Å². The molecule has 1 aliphatic heterocycles. The van der Waals surface area contributed by atoms with E-state index >= 15 is 0 Å². The Morgan fingerprint density at radius 3 is 2.82 bits per heavy atom. The summed E-state index contributed by atoms with van der Waals surface area (Å²) in [5, 5.41) is 6.73. The second kappa shape index (κ2) is 13.2. The predicted octanol–water partition coefficient (Wildman–Crippen LogP) is 3.18. The van der Waals surface area contributed by atoms with Crippen molar-refractivity contribution < 1.29 is 9.47 Å². The topological polar surface area (TPSA) is 58.1 Å². The molecule has 2 unspecified atom stereocenters. The molecule has 1 aromatic rings. The van der Waals surface area contributed by atoms with Crippen molar-refractivity contribution in [3.63, 3.8) is 0 Å². The number of nitrogens with one attached hydrogen (secondary N) is 2. The molecule has 7 heteroatoms. The molecule has 0 radical (unpaired) electrons. The Morgan fingerprint density at radius 2 is 2.14 bits per heavy atom. The molecule has 160 valence electrons. The molecule has 1 saturated heterocycles. The Bertz CT molecular complexity index is 612. The van der Waals surface area contributed by atoms with Gasteiger partial charge in [0.1, 0.15) is 5.75 Å². The summed E-state index contributed by atoms with van der Waals surface area (Å²) in [4.78, 5) is 7.05. The van der Waals surface area contributed by atoms with Crippen LogP contribution in [0, 0.1) is 6.92 Å². The van der Waals surface area contributed by atoms with Crippen LogP contribution in [0.1, 0.15) is 38.3 Å². The van der Waals surface area contributed by atoms with E-state index in [9.17, 15) is 0 Å². The molecule has 1 fully saturated rings. The average molecular weight is 504 g/mol. The smallest absolute Gasteiger partial charge is 0.191 e. The van der Waals surface area contributed by atoms with Crippen LogP contribution in [-0.2, 0) is 11.3 Å². The van der Waals surface area contributed by atoms with E-state index in [4.69, 9.17) is 14.5 Å². The first-order chi connectivity index (χ1) is 13.0. The largest absolute Gasteiger partial charge is 0.490 e.